The van der Waals surface area contributed by atoms with Crippen LogP contribution < -0.4 is 5.73 Å². The summed E-state index contributed by atoms with van der Waals surface area (Å²) >= 11 is 0. The number of nitrogens with zero attached hydrogens (tertiary/aromatic N) is 1. The number of carbonyl (C=O) groups is 1. The van der Waals surface area contributed by atoms with Crippen LogP contribution in [0.1, 0.15) is 39.3 Å². The smallest absolute Gasteiger partial charge is 0.338 e. The largest absolute Gasteiger partial charge is 0.460 e. The fourth-order valence-electron chi connectivity index (χ4n) is 4.67. The molecule has 2 aliphatic rings. The summed E-state index contributed by atoms with van der Waals surface area (Å²) in [6, 6.07) is 3.68. The second kappa shape index (κ2) is 6.20. The first-order chi connectivity index (χ1) is 11.4. The van der Waals surface area contributed by atoms with Crippen LogP contribution in [0.25, 0.3) is 6.08 Å². The van der Waals surface area contributed by atoms with E-state index in [1.165, 1.54) is 0 Å². The van der Waals surface area contributed by atoms with E-state index in [4.69, 9.17) is 10.5 Å². The number of fused-ring (bicyclic) bond motifs is 1. The Morgan fingerprint density at radius 1 is 1.46 bits per heavy atom. The van der Waals surface area contributed by atoms with E-state index in [2.05, 4.69) is 24.9 Å². The topological polar surface area (TPSA) is 85.4 Å². The van der Waals surface area contributed by atoms with Crippen LogP contribution in [0.4, 0.5) is 5.69 Å². The first-order valence-electron chi connectivity index (χ1n) is 8.70. The Kier molecular flexibility index (Phi) is 4.38. The van der Waals surface area contributed by atoms with Crippen molar-refractivity contribution in [1.29, 1.82) is 0 Å². The Morgan fingerprint density at radius 2 is 2.21 bits per heavy atom. The lowest BCUT2D eigenvalue weighted by Gasteiger charge is -2.45. The van der Waals surface area contributed by atoms with Gasteiger partial charge >= 0.3 is 5.97 Å². The molecule has 1 aromatic heterocycles. The predicted molar refractivity (Wildman–Crippen MR) is 92.7 cm³/mol. The molecule has 0 aromatic carbocycles. The highest BCUT2D eigenvalue weighted by molar-refractivity contribution is 5.82. The number of aromatic nitrogens is 1. The molecular weight excluding hydrogens is 304 g/mol. The van der Waals surface area contributed by atoms with Crippen molar-refractivity contribution in [2.24, 2.45) is 23.7 Å². The van der Waals surface area contributed by atoms with Gasteiger partial charge in [0.15, 0.2) is 5.60 Å². The molecule has 5 heteroatoms. The van der Waals surface area contributed by atoms with E-state index in [1.807, 2.05) is 25.1 Å². The molecule has 0 unspecified atom stereocenters. The van der Waals surface area contributed by atoms with Gasteiger partial charge in [0.25, 0.3) is 0 Å². The van der Waals surface area contributed by atoms with Crippen LogP contribution in [0.2, 0.25) is 0 Å². The molecule has 1 aromatic rings. The molecule has 1 saturated heterocycles. The second-order valence-electron chi connectivity index (χ2n) is 7.27. The van der Waals surface area contributed by atoms with Crippen molar-refractivity contribution in [3.63, 3.8) is 0 Å². The van der Waals surface area contributed by atoms with Crippen LogP contribution in [0.15, 0.2) is 24.4 Å². The SMILES string of the molecule is CC[C@H]1[C@H](/C=C/c2ccc(N)cn2)[C@@H]2[C@@H](C)OC(=O)[C@]2(O)C[C@@H]1C. The highest BCUT2D eigenvalue weighted by Gasteiger charge is 2.62. The number of rotatable bonds is 3. The second-order valence-corrected chi connectivity index (χ2v) is 7.27. The normalized spacial score (nSPS) is 39.0. The minimum Gasteiger partial charge on any atom is -0.460 e. The lowest BCUT2D eigenvalue weighted by atomic mass is 9.59. The summed E-state index contributed by atoms with van der Waals surface area (Å²) in [7, 11) is 0. The maximum atomic E-state index is 12.2. The van der Waals surface area contributed by atoms with Gasteiger partial charge < -0.3 is 15.6 Å². The van der Waals surface area contributed by atoms with Crippen LogP contribution in [-0.4, -0.2) is 27.8 Å². The van der Waals surface area contributed by atoms with Gasteiger partial charge in [-0.1, -0.05) is 26.3 Å². The van der Waals surface area contributed by atoms with Crippen molar-refractivity contribution in [2.45, 2.75) is 45.3 Å². The number of carbonyl (C=O) groups excluding carboxylic acids is 1. The number of allylic oxidation sites excluding steroid dienone is 1. The molecule has 0 amide bonds. The summed E-state index contributed by atoms with van der Waals surface area (Å²) in [5, 5.41) is 11.0. The minimum absolute atomic E-state index is 0.0737. The third-order valence-corrected chi connectivity index (χ3v) is 5.75. The number of cyclic esters (lactones) is 1. The molecule has 0 radical (unpaired) electrons. The van der Waals surface area contributed by atoms with Crippen molar-refractivity contribution in [2.75, 3.05) is 5.73 Å². The predicted octanol–water partition coefficient (Wildman–Crippen LogP) is 2.65. The molecule has 1 aliphatic carbocycles. The number of hydrogen-bond donors (Lipinski definition) is 2. The lowest BCUT2D eigenvalue weighted by Crippen LogP contribution is -2.53. The quantitative estimate of drug-likeness (QED) is 0.832. The van der Waals surface area contributed by atoms with Gasteiger partial charge in [0.1, 0.15) is 6.10 Å². The molecule has 1 saturated carbocycles. The van der Waals surface area contributed by atoms with E-state index in [0.717, 1.165) is 12.1 Å². The van der Waals surface area contributed by atoms with E-state index in [0.29, 0.717) is 18.0 Å². The van der Waals surface area contributed by atoms with Gasteiger partial charge in [0, 0.05) is 5.92 Å². The van der Waals surface area contributed by atoms with Crippen molar-refractivity contribution in [3.8, 4) is 0 Å². The van der Waals surface area contributed by atoms with Gasteiger partial charge in [-0.25, -0.2) is 4.79 Å². The van der Waals surface area contributed by atoms with E-state index in [1.54, 1.807) is 6.20 Å². The average molecular weight is 330 g/mol. The standard InChI is InChI=1S/C19H26N2O3/c1-4-15-11(2)9-19(23)17(12(3)24-18(19)22)16(15)8-7-14-6-5-13(20)10-21-14/h5-8,10-12,15-17,23H,4,9,20H2,1-3H3/b8-7+/t11-,12+,15+,16-,17-,19-/m0/s1. The number of ether oxygens (including phenoxy) is 1. The molecule has 0 bridgehead atoms. The fourth-order valence-corrected chi connectivity index (χ4v) is 4.67. The number of pyridine rings is 1. The van der Waals surface area contributed by atoms with Crippen molar-refractivity contribution >= 4 is 17.7 Å². The summed E-state index contributed by atoms with van der Waals surface area (Å²) < 4.78 is 5.40. The van der Waals surface area contributed by atoms with Gasteiger partial charge in [-0.15, -0.1) is 0 Å². The Labute approximate surface area is 142 Å². The van der Waals surface area contributed by atoms with Crippen LogP contribution in [0, 0.1) is 23.7 Å². The van der Waals surface area contributed by atoms with Gasteiger partial charge in [-0.05, 0) is 49.3 Å². The lowest BCUT2D eigenvalue weighted by molar-refractivity contribution is -0.160. The Balaban J connectivity index is 1.94. The Hall–Kier alpha value is -1.88. The molecule has 24 heavy (non-hydrogen) atoms. The molecule has 2 heterocycles. The third-order valence-electron chi connectivity index (χ3n) is 5.75. The number of esters is 1. The maximum Gasteiger partial charge on any atom is 0.338 e. The van der Waals surface area contributed by atoms with Crippen LogP contribution in [0.3, 0.4) is 0 Å². The van der Waals surface area contributed by atoms with Crippen molar-refractivity contribution in [1.82, 2.24) is 4.98 Å². The van der Waals surface area contributed by atoms with Crippen LogP contribution >= 0.6 is 0 Å². The third kappa shape index (κ3) is 2.71. The van der Waals surface area contributed by atoms with Gasteiger partial charge in [0.05, 0.1) is 17.6 Å². The minimum atomic E-state index is -1.37. The molecule has 3 rings (SSSR count). The Morgan fingerprint density at radius 3 is 2.83 bits per heavy atom. The number of nitrogens with two attached hydrogens (primary N) is 1. The Bertz CT molecular complexity index is 643. The molecule has 2 fully saturated rings. The van der Waals surface area contributed by atoms with Gasteiger partial charge in [0.2, 0.25) is 0 Å². The highest BCUT2D eigenvalue weighted by Crippen LogP contribution is 2.52. The monoisotopic (exact) mass is 330 g/mol. The van der Waals surface area contributed by atoms with E-state index >= 15 is 0 Å². The van der Waals surface area contributed by atoms with E-state index in [9.17, 15) is 9.90 Å². The summed E-state index contributed by atoms with van der Waals surface area (Å²) in [6.07, 6.45) is 6.87. The maximum absolute atomic E-state index is 12.2. The first kappa shape index (κ1) is 17.0. The number of aliphatic hydroxyl groups is 1. The van der Waals surface area contributed by atoms with Crippen LogP contribution in [0.5, 0.6) is 0 Å². The molecule has 3 N–H and O–H groups in total. The number of anilines is 1. The molecule has 1 aliphatic heterocycles. The zero-order chi connectivity index (χ0) is 17.5. The van der Waals surface area contributed by atoms with Crippen molar-refractivity contribution in [3.05, 3.63) is 30.1 Å². The molecule has 0 spiro atoms. The van der Waals surface area contributed by atoms with Gasteiger partial charge in [-0.2, -0.15) is 0 Å². The highest BCUT2D eigenvalue weighted by atomic mass is 16.6. The number of hydrogen-bond acceptors (Lipinski definition) is 5. The number of nitrogen functional groups attached to an aromatic ring is 1. The average Bonchev–Trinajstić information content (AvgIpc) is 2.75. The molecule has 6 atom stereocenters. The molecule has 5 nitrogen and oxygen atoms in total. The summed E-state index contributed by atoms with van der Waals surface area (Å²) in [4.78, 5) is 16.5. The summed E-state index contributed by atoms with van der Waals surface area (Å²) in [5.41, 5.74) is 5.75. The molecular formula is C19H26N2O3. The van der Waals surface area contributed by atoms with Crippen molar-refractivity contribution < 1.29 is 14.6 Å². The zero-order valence-corrected chi connectivity index (χ0v) is 14.5. The first-order valence-corrected chi connectivity index (χ1v) is 8.70. The van der Waals surface area contributed by atoms with Gasteiger partial charge in [-0.3, -0.25) is 4.98 Å². The zero-order valence-electron chi connectivity index (χ0n) is 14.5. The van der Waals surface area contributed by atoms with E-state index < -0.39 is 11.6 Å². The van der Waals surface area contributed by atoms with E-state index in [-0.39, 0.29) is 23.9 Å². The molecule has 130 valence electrons. The van der Waals surface area contributed by atoms with Crippen LogP contribution in [-0.2, 0) is 9.53 Å². The summed E-state index contributed by atoms with van der Waals surface area (Å²) in [6.45, 7) is 6.16. The summed E-state index contributed by atoms with van der Waals surface area (Å²) in [5.74, 6) is 0.0477. The fraction of sp³-hybridized carbons (Fsp3) is 0.579.